The quantitative estimate of drug-likeness (QED) is 0.379. The molecule has 1 aliphatic heterocycles. The third kappa shape index (κ3) is 4.64. The van der Waals surface area contributed by atoms with Crippen LogP contribution < -0.4 is 0 Å². The van der Waals surface area contributed by atoms with Crippen molar-refractivity contribution in [3.8, 4) is 5.69 Å². The molecule has 4 rings (SSSR count). The molecule has 33 heavy (non-hydrogen) atoms. The number of carbonyl (C=O) groups excluding carboxylic acids is 2. The van der Waals surface area contributed by atoms with Gasteiger partial charge in [-0.05, 0) is 76.9 Å². The van der Waals surface area contributed by atoms with E-state index in [1.807, 2.05) is 31.4 Å². The number of ketones is 1. The van der Waals surface area contributed by atoms with Crippen molar-refractivity contribution in [1.29, 1.82) is 0 Å². The number of hydrogen-bond donors (Lipinski definition) is 0. The molecule has 1 fully saturated rings. The number of Topliss-reactive ketones (excluding diaryl/α,β-unsaturated/α-hetero) is 1. The summed E-state index contributed by atoms with van der Waals surface area (Å²) in [5.74, 6) is -1.12. The van der Waals surface area contributed by atoms with Crippen molar-refractivity contribution < 1.29 is 23.5 Å². The van der Waals surface area contributed by atoms with Crippen LogP contribution >= 0.6 is 0 Å². The van der Waals surface area contributed by atoms with Gasteiger partial charge in [0.25, 0.3) is 0 Å². The molecular formula is C26H29FN2O4. The van der Waals surface area contributed by atoms with E-state index in [-0.39, 0.29) is 24.3 Å². The summed E-state index contributed by atoms with van der Waals surface area (Å²) < 4.78 is 28.4. The molecule has 6 nitrogen and oxygen atoms in total. The number of hydrogen-bond acceptors (Lipinski definition) is 4. The lowest BCUT2D eigenvalue weighted by Gasteiger charge is -2.14. The lowest BCUT2D eigenvalue weighted by molar-refractivity contribution is 0.0473. The molecule has 0 radical (unpaired) electrons. The Morgan fingerprint density at radius 1 is 1.03 bits per heavy atom. The minimum atomic E-state index is -0.557. The maximum atomic E-state index is 13.3. The molecule has 1 aromatic carbocycles. The number of aryl methyl sites for hydroxylation is 2. The fraction of sp³-hybridized carbons (Fsp3) is 0.385. The number of benzene rings is 1. The van der Waals surface area contributed by atoms with Crippen LogP contribution in [-0.2, 0) is 16.0 Å². The van der Waals surface area contributed by atoms with Crippen molar-refractivity contribution in [1.82, 2.24) is 9.13 Å². The Morgan fingerprint density at radius 3 is 2.39 bits per heavy atom. The lowest BCUT2D eigenvalue weighted by Crippen LogP contribution is -2.18. The van der Waals surface area contributed by atoms with Crippen LogP contribution in [0.2, 0.25) is 0 Å². The summed E-state index contributed by atoms with van der Waals surface area (Å²) in [7, 11) is 0. The van der Waals surface area contributed by atoms with E-state index in [2.05, 4.69) is 4.57 Å². The van der Waals surface area contributed by atoms with Crippen LogP contribution in [0.3, 0.4) is 0 Å². The van der Waals surface area contributed by atoms with Gasteiger partial charge in [0.05, 0.1) is 11.7 Å². The number of esters is 1. The third-order valence-corrected chi connectivity index (χ3v) is 6.35. The van der Waals surface area contributed by atoms with Gasteiger partial charge >= 0.3 is 5.97 Å². The number of nitrogens with zero attached hydrogens (tertiary/aromatic N) is 2. The zero-order valence-corrected chi connectivity index (χ0v) is 19.5. The molecule has 2 aromatic heterocycles. The molecule has 1 aliphatic rings. The van der Waals surface area contributed by atoms with Crippen molar-refractivity contribution in [3.63, 3.8) is 0 Å². The zero-order valence-electron chi connectivity index (χ0n) is 19.5. The summed E-state index contributed by atoms with van der Waals surface area (Å²) >= 11 is 0. The molecule has 7 heteroatoms. The van der Waals surface area contributed by atoms with Crippen LogP contribution in [0.15, 0.2) is 36.4 Å². The Hall–Kier alpha value is -3.19. The van der Waals surface area contributed by atoms with Crippen molar-refractivity contribution in [3.05, 3.63) is 76.1 Å². The first kappa shape index (κ1) is 23.0. The Kier molecular flexibility index (Phi) is 6.51. The van der Waals surface area contributed by atoms with Crippen molar-refractivity contribution in [2.75, 3.05) is 13.2 Å². The second-order valence-corrected chi connectivity index (χ2v) is 8.63. The van der Waals surface area contributed by atoms with Gasteiger partial charge in [-0.3, -0.25) is 4.79 Å². The highest BCUT2D eigenvalue weighted by atomic mass is 19.1. The minimum absolute atomic E-state index is 0.173. The molecular weight excluding hydrogens is 423 g/mol. The van der Waals surface area contributed by atoms with Gasteiger partial charge in [-0.2, -0.15) is 0 Å². The molecule has 0 N–H and O–H groups in total. The van der Waals surface area contributed by atoms with Gasteiger partial charge in [-0.25, -0.2) is 9.18 Å². The van der Waals surface area contributed by atoms with Gasteiger partial charge in [0.1, 0.15) is 5.82 Å². The maximum Gasteiger partial charge on any atom is 0.340 e. The molecule has 0 amide bonds. The van der Waals surface area contributed by atoms with Crippen molar-refractivity contribution >= 4 is 11.8 Å². The Labute approximate surface area is 192 Å². The molecule has 0 spiro atoms. The van der Waals surface area contributed by atoms with Gasteiger partial charge < -0.3 is 18.6 Å². The third-order valence-electron chi connectivity index (χ3n) is 6.35. The number of ether oxygens (including phenoxy) is 2. The van der Waals surface area contributed by atoms with E-state index >= 15 is 0 Å². The first-order valence-electron chi connectivity index (χ1n) is 11.2. The van der Waals surface area contributed by atoms with E-state index in [1.54, 1.807) is 25.1 Å². The highest BCUT2D eigenvalue weighted by Gasteiger charge is 2.23. The number of carbonyl (C=O) groups is 2. The van der Waals surface area contributed by atoms with Crippen LogP contribution in [-0.4, -0.2) is 40.2 Å². The van der Waals surface area contributed by atoms with Crippen LogP contribution in [0.5, 0.6) is 0 Å². The maximum absolute atomic E-state index is 13.3. The summed E-state index contributed by atoms with van der Waals surface area (Å²) in [6.45, 7) is 8.72. The van der Waals surface area contributed by atoms with Gasteiger partial charge in [0, 0.05) is 47.2 Å². The van der Waals surface area contributed by atoms with Crippen molar-refractivity contribution in [2.45, 2.75) is 53.2 Å². The Bertz CT molecular complexity index is 1180. The first-order valence-corrected chi connectivity index (χ1v) is 11.2. The van der Waals surface area contributed by atoms with Crippen LogP contribution in [0.4, 0.5) is 4.39 Å². The molecule has 1 saturated heterocycles. The van der Waals surface area contributed by atoms with E-state index in [1.165, 1.54) is 12.1 Å². The molecule has 1 atom stereocenters. The topological polar surface area (TPSA) is 62.5 Å². The normalized spacial score (nSPS) is 15.7. The van der Waals surface area contributed by atoms with Gasteiger partial charge in [-0.1, -0.05) is 0 Å². The molecule has 0 saturated carbocycles. The second kappa shape index (κ2) is 9.35. The average Bonchev–Trinajstić information content (AvgIpc) is 3.48. The monoisotopic (exact) mass is 452 g/mol. The summed E-state index contributed by atoms with van der Waals surface area (Å²) in [4.78, 5) is 25.6. The van der Waals surface area contributed by atoms with Gasteiger partial charge in [0.2, 0.25) is 5.78 Å². The summed E-state index contributed by atoms with van der Waals surface area (Å²) in [6.07, 6.45) is 2.26. The fourth-order valence-electron chi connectivity index (χ4n) is 4.60. The zero-order chi connectivity index (χ0) is 23.7. The van der Waals surface area contributed by atoms with E-state index in [9.17, 15) is 14.0 Å². The minimum Gasteiger partial charge on any atom is -0.454 e. The summed E-state index contributed by atoms with van der Waals surface area (Å²) in [6, 6.07) is 9.63. The summed E-state index contributed by atoms with van der Waals surface area (Å²) in [5, 5.41) is 0. The standard InChI is InChI=1S/C26H29FN2O4/c1-16-12-23(18(3)28(16)14-22-6-5-11-32-22)25(30)15-33-26(31)24-13-17(2)29(19(24)4)21-9-7-20(27)8-10-21/h7-10,12-13,22H,5-6,11,14-15H2,1-4H3/t22-/m1/s1. The fourth-order valence-corrected chi connectivity index (χ4v) is 4.60. The van der Waals surface area contributed by atoms with Crippen LogP contribution in [0.1, 0.15) is 56.3 Å². The van der Waals surface area contributed by atoms with E-state index < -0.39 is 5.97 Å². The highest BCUT2D eigenvalue weighted by molar-refractivity contribution is 6.00. The largest absolute Gasteiger partial charge is 0.454 e. The molecule has 0 aliphatic carbocycles. The van der Waals surface area contributed by atoms with E-state index in [4.69, 9.17) is 9.47 Å². The first-order chi connectivity index (χ1) is 15.8. The highest BCUT2D eigenvalue weighted by Crippen LogP contribution is 2.23. The lowest BCUT2D eigenvalue weighted by atomic mass is 10.1. The smallest absolute Gasteiger partial charge is 0.340 e. The number of rotatable bonds is 7. The number of halogens is 1. The number of aromatic nitrogens is 2. The molecule has 3 aromatic rings. The Morgan fingerprint density at radius 2 is 1.73 bits per heavy atom. The Balaban J connectivity index is 1.46. The van der Waals surface area contributed by atoms with Gasteiger partial charge in [0.15, 0.2) is 6.61 Å². The molecule has 3 heterocycles. The summed E-state index contributed by atoms with van der Waals surface area (Å²) in [5.41, 5.74) is 5.03. The van der Waals surface area contributed by atoms with Crippen molar-refractivity contribution in [2.24, 2.45) is 0 Å². The SMILES string of the molecule is Cc1cc(C(=O)COC(=O)c2cc(C)n(-c3ccc(F)cc3)c2C)c(C)n1C[C@H]1CCCO1. The van der Waals surface area contributed by atoms with E-state index in [0.29, 0.717) is 16.8 Å². The predicted molar refractivity (Wildman–Crippen MR) is 123 cm³/mol. The molecule has 0 unspecified atom stereocenters. The van der Waals surface area contributed by atoms with Crippen LogP contribution in [0.25, 0.3) is 5.69 Å². The second-order valence-electron chi connectivity index (χ2n) is 8.63. The predicted octanol–water partition coefficient (Wildman–Crippen LogP) is 4.87. The molecule has 174 valence electrons. The average molecular weight is 453 g/mol. The van der Waals surface area contributed by atoms with E-state index in [0.717, 1.165) is 48.8 Å². The molecule has 0 bridgehead atoms. The van der Waals surface area contributed by atoms with Crippen LogP contribution in [0, 0.1) is 33.5 Å². The van der Waals surface area contributed by atoms with Gasteiger partial charge in [-0.15, -0.1) is 0 Å².